The van der Waals surface area contributed by atoms with Crippen molar-refractivity contribution in [2.24, 2.45) is 5.73 Å². The van der Waals surface area contributed by atoms with Gasteiger partial charge >= 0.3 is 6.03 Å². The van der Waals surface area contributed by atoms with E-state index in [9.17, 15) is 14.4 Å². The van der Waals surface area contributed by atoms with E-state index in [0.29, 0.717) is 24.5 Å². The van der Waals surface area contributed by atoms with Gasteiger partial charge in [-0.2, -0.15) is 0 Å². The first-order valence-corrected chi connectivity index (χ1v) is 6.77. The van der Waals surface area contributed by atoms with Crippen molar-refractivity contribution >= 4 is 23.5 Å². The third-order valence-corrected chi connectivity index (χ3v) is 3.27. The second kappa shape index (κ2) is 6.79. The van der Waals surface area contributed by atoms with Crippen LogP contribution in [0.5, 0.6) is 5.75 Å². The molecule has 0 aliphatic carbocycles. The second-order valence-electron chi connectivity index (χ2n) is 4.77. The number of anilines is 1. The van der Waals surface area contributed by atoms with Gasteiger partial charge in [0.15, 0.2) is 0 Å². The van der Waals surface area contributed by atoms with E-state index in [4.69, 9.17) is 10.5 Å². The third kappa shape index (κ3) is 3.46. The third-order valence-electron chi connectivity index (χ3n) is 3.27. The number of urea groups is 1. The maximum atomic E-state index is 12.4. The first-order valence-electron chi connectivity index (χ1n) is 6.77. The van der Waals surface area contributed by atoms with Crippen LogP contribution in [0.1, 0.15) is 0 Å². The summed E-state index contributed by atoms with van der Waals surface area (Å²) < 4.78 is 5.24. The lowest BCUT2D eigenvalue weighted by atomic mass is 10.2. The summed E-state index contributed by atoms with van der Waals surface area (Å²) in [7, 11) is 1.54. The molecular formula is C14H18N4O4. The summed E-state index contributed by atoms with van der Waals surface area (Å²) in [6, 6.07) is 6.91. The highest BCUT2D eigenvalue weighted by molar-refractivity contribution is 5.98. The number of para-hydroxylation sites is 2. The van der Waals surface area contributed by atoms with Crippen molar-refractivity contribution in [2.45, 2.75) is 0 Å². The summed E-state index contributed by atoms with van der Waals surface area (Å²) >= 11 is 0. The number of ether oxygens (including phenoxy) is 1. The quantitative estimate of drug-likeness (QED) is 0.742. The van der Waals surface area contributed by atoms with E-state index in [0.717, 1.165) is 0 Å². The monoisotopic (exact) mass is 306 g/mol. The van der Waals surface area contributed by atoms with E-state index in [1.165, 1.54) is 12.0 Å². The minimum Gasteiger partial charge on any atom is -0.495 e. The molecule has 3 N–H and O–H groups in total. The van der Waals surface area contributed by atoms with Gasteiger partial charge in [-0.1, -0.05) is 12.1 Å². The van der Waals surface area contributed by atoms with Gasteiger partial charge in [-0.3, -0.25) is 14.5 Å². The van der Waals surface area contributed by atoms with Gasteiger partial charge in [0.25, 0.3) is 0 Å². The van der Waals surface area contributed by atoms with Gasteiger partial charge in [0.2, 0.25) is 11.8 Å². The summed E-state index contributed by atoms with van der Waals surface area (Å²) in [6.45, 7) is 0.526. The van der Waals surface area contributed by atoms with Gasteiger partial charge in [-0.25, -0.2) is 4.79 Å². The molecule has 1 aliphatic heterocycles. The lowest BCUT2D eigenvalue weighted by Gasteiger charge is -2.20. The summed E-state index contributed by atoms with van der Waals surface area (Å²) in [4.78, 5) is 37.6. The normalized spacial score (nSPS) is 14.1. The Kier molecular flexibility index (Phi) is 4.82. The van der Waals surface area contributed by atoms with Crippen molar-refractivity contribution in [3.05, 3.63) is 24.3 Å². The molecule has 1 saturated heterocycles. The van der Waals surface area contributed by atoms with E-state index >= 15 is 0 Å². The van der Waals surface area contributed by atoms with Gasteiger partial charge in [-0.05, 0) is 12.1 Å². The van der Waals surface area contributed by atoms with Gasteiger partial charge in [0, 0.05) is 13.1 Å². The molecule has 0 unspecified atom stereocenters. The molecule has 4 amide bonds. The zero-order valence-corrected chi connectivity index (χ0v) is 12.2. The van der Waals surface area contributed by atoms with Crippen molar-refractivity contribution in [3.63, 3.8) is 0 Å². The maximum absolute atomic E-state index is 12.4. The average Bonchev–Trinajstić information content (AvgIpc) is 2.86. The van der Waals surface area contributed by atoms with Crippen molar-refractivity contribution in [2.75, 3.05) is 38.2 Å². The highest BCUT2D eigenvalue weighted by Crippen LogP contribution is 2.30. The number of methoxy groups -OCH3 is 1. The Balaban J connectivity index is 2.00. The van der Waals surface area contributed by atoms with E-state index in [-0.39, 0.29) is 19.1 Å². The molecule has 118 valence electrons. The molecule has 0 atom stereocenters. The SMILES string of the molecule is COc1ccccc1N1CCN(CC(=O)NCC(N)=O)C1=O. The van der Waals surface area contributed by atoms with Crippen LogP contribution in [0.3, 0.4) is 0 Å². The number of benzene rings is 1. The molecule has 1 aromatic rings. The topological polar surface area (TPSA) is 105 Å². The van der Waals surface area contributed by atoms with Crippen LogP contribution in [0.15, 0.2) is 24.3 Å². The Morgan fingerprint density at radius 2 is 2.05 bits per heavy atom. The van der Waals surface area contributed by atoms with E-state index in [1.54, 1.807) is 17.0 Å². The number of amides is 4. The summed E-state index contributed by atoms with van der Waals surface area (Å²) in [6.07, 6.45) is 0. The average molecular weight is 306 g/mol. The first kappa shape index (κ1) is 15.6. The van der Waals surface area contributed by atoms with Crippen LogP contribution < -0.4 is 20.7 Å². The van der Waals surface area contributed by atoms with Crippen LogP contribution in [-0.4, -0.2) is 56.0 Å². The van der Waals surface area contributed by atoms with E-state index in [2.05, 4.69) is 5.32 Å². The largest absolute Gasteiger partial charge is 0.495 e. The van der Waals surface area contributed by atoms with Crippen LogP contribution in [0.4, 0.5) is 10.5 Å². The molecule has 0 aromatic heterocycles. The second-order valence-corrected chi connectivity index (χ2v) is 4.77. The number of hydrogen-bond donors (Lipinski definition) is 2. The smallest absolute Gasteiger partial charge is 0.325 e. The number of hydrogen-bond acceptors (Lipinski definition) is 4. The predicted octanol–water partition coefficient (Wildman–Crippen LogP) is -0.461. The van der Waals surface area contributed by atoms with Crippen molar-refractivity contribution < 1.29 is 19.1 Å². The lowest BCUT2D eigenvalue weighted by molar-refractivity contribution is -0.125. The van der Waals surface area contributed by atoms with Crippen molar-refractivity contribution in [3.8, 4) is 5.75 Å². The lowest BCUT2D eigenvalue weighted by Crippen LogP contribution is -2.42. The number of nitrogens with one attached hydrogen (secondary N) is 1. The van der Waals surface area contributed by atoms with Crippen molar-refractivity contribution in [1.29, 1.82) is 0 Å². The summed E-state index contributed by atoms with van der Waals surface area (Å²) in [5, 5.41) is 2.36. The van der Waals surface area contributed by atoms with Crippen molar-refractivity contribution in [1.82, 2.24) is 10.2 Å². The molecule has 22 heavy (non-hydrogen) atoms. The molecule has 0 bridgehead atoms. The van der Waals surface area contributed by atoms with Crippen LogP contribution in [-0.2, 0) is 9.59 Å². The van der Waals surface area contributed by atoms with Crippen LogP contribution >= 0.6 is 0 Å². The Morgan fingerprint density at radius 3 is 2.73 bits per heavy atom. The minimum absolute atomic E-state index is 0.113. The van der Waals surface area contributed by atoms with Crippen LogP contribution in [0.25, 0.3) is 0 Å². The molecule has 1 aromatic carbocycles. The molecule has 8 nitrogen and oxygen atoms in total. The van der Waals surface area contributed by atoms with E-state index in [1.807, 2.05) is 12.1 Å². The van der Waals surface area contributed by atoms with Gasteiger partial charge < -0.3 is 20.7 Å². The van der Waals surface area contributed by atoms with Crippen LogP contribution in [0.2, 0.25) is 0 Å². The molecule has 8 heteroatoms. The van der Waals surface area contributed by atoms with Gasteiger partial charge in [0.1, 0.15) is 12.3 Å². The minimum atomic E-state index is -0.628. The fraction of sp³-hybridized carbons (Fsp3) is 0.357. The molecule has 0 spiro atoms. The first-order chi connectivity index (χ1) is 10.5. The Hall–Kier alpha value is -2.77. The predicted molar refractivity (Wildman–Crippen MR) is 79.5 cm³/mol. The molecule has 1 heterocycles. The number of primary amides is 1. The number of nitrogens with zero attached hydrogens (tertiary/aromatic N) is 2. The Labute approximate surface area is 127 Å². The van der Waals surface area contributed by atoms with Gasteiger partial charge in [-0.15, -0.1) is 0 Å². The molecule has 1 fully saturated rings. The standard InChI is InChI=1S/C14H18N4O4/c1-22-11-5-3-2-4-10(11)18-7-6-17(14(18)21)9-13(20)16-8-12(15)19/h2-5H,6-9H2,1H3,(H2,15,19)(H,16,20). The molecule has 2 rings (SSSR count). The van der Waals surface area contributed by atoms with E-state index < -0.39 is 11.8 Å². The molecule has 1 aliphatic rings. The zero-order valence-electron chi connectivity index (χ0n) is 12.2. The number of rotatable bonds is 6. The number of nitrogens with two attached hydrogens (primary N) is 1. The maximum Gasteiger partial charge on any atom is 0.325 e. The Morgan fingerprint density at radius 1 is 1.32 bits per heavy atom. The fourth-order valence-electron chi connectivity index (χ4n) is 2.22. The molecule has 0 radical (unpaired) electrons. The number of carbonyl (C=O) groups excluding carboxylic acids is 3. The highest BCUT2D eigenvalue weighted by Gasteiger charge is 2.32. The summed E-state index contributed by atoms with van der Waals surface area (Å²) in [5.41, 5.74) is 5.61. The molecule has 0 saturated carbocycles. The fourth-order valence-corrected chi connectivity index (χ4v) is 2.22. The van der Waals surface area contributed by atoms with Crippen LogP contribution in [0, 0.1) is 0 Å². The van der Waals surface area contributed by atoms with Gasteiger partial charge in [0.05, 0.1) is 19.3 Å². The summed E-state index contributed by atoms with van der Waals surface area (Å²) in [5.74, 6) is -0.457. The highest BCUT2D eigenvalue weighted by atomic mass is 16.5. The Bertz CT molecular complexity index is 590. The number of carbonyl (C=O) groups is 3. The zero-order chi connectivity index (χ0) is 16.1. The molecular weight excluding hydrogens is 288 g/mol.